The van der Waals surface area contributed by atoms with Gasteiger partial charge in [0.05, 0.1) is 19.4 Å². The maximum absolute atomic E-state index is 12.9. The van der Waals surface area contributed by atoms with Crippen molar-refractivity contribution in [3.63, 3.8) is 0 Å². The normalized spacial score (nSPS) is 16.5. The zero-order chi connectivity index (χ0) is 21.8. The topological polar surface area (TPSA) is 68.5 Å². The molecule has 6 nitrogen and oxygen atoms in total. The van der Waals surface area contributed by atoms with Crippen molar-refractivity contribution in [2.75, 3.05) is 20.2 Å². The highest BCUT2D eigenvalue weighted by atomic mass is 16.5. The number of piperidine rings is 1. The van der Waals surface area contributed by atoms with E-state index in [-0.39, 0.29) is 11.8 Å². The van der Waals surface area contributed by atoms with Crippen molar-refractivity contribution >= 4 is 5.91 Å². The predicted molar refractivity (Wildman–Crippen MR) is 119 cm³/mol. The van der Waals surface area contributed by atoms with Gasteiger partial charge in [-0.2, -0.15) is 4.98 Å². The summed E-state index contributed by atoms with van der Waals surface area (Å²) in [6.45, 7) is 5.70. The van der Waals surface area contributed by atoms with E-state index in [0.29, 0.717) is 30.6 Å². The zero-order valence-electron chi connectivity index (χ0n) is 18.4. The molecule has 1 fully saturated rings. The standard InChI is InChI=1S/C25H29N3O3/c1-17(2)18-10-12-19(13-11-18)24-26-25(31-27-24)21-8-6-14-28(16-21)23(29)15-20-7-4-5-9-22(20)30-3/h4-5,7,9-13,17,21H,6,8,14-16H2,1-3H3/t21-/m0/s1. The minimum absolute atomic E-state index is 0.0616. The summed E-state index contributed by atoms with van der Waals surface area (Å²) in [5, 5.41) is 4.19. The number of carbonyl (C=O) groups excluding carboxylic acids is 1. The number of hydrogen-bond donors (Lipinski definition) is 0. The van der Waals surface area contributed by atoms with Crippen molar-refractivity contribution in [2.45, 2.75) is 44.9 Å². The molecule has 2 heterocycles. The summed E-state index contributed by atoms with van der Waals surface area (Å²) in [5.74, 6) is 2.59. The van der Waals surface area contributed by atoms with Crippen molar-refractivity contribution < 1.29 is 14.1 Å². The van der Waals surface area contributed by atoms with Crippen LogP contribution in [0.2, 0.25) is 0 Å². The molecule has 0 unspecified atom stereocenters. The van der Waals surface area contributed by atoms with Crippen LogP contribution in [0, 0.1) is 0 Å². The van der Waals surface area contributed by atoms with E-state index in [9.17, 15) is 4.79 Å². The lowest BCUT2D eigenvalue weighted by molar-refractivity contribution is -0.131. The molecule has 0 bridgehead atoms. The van der Waals surface area contributed by atoms with Gasteiger partial charge in [-0.15, -0.1) is 0 Å². The SMILES string of the molecule is COc1ccccc1CC(=O)N1CCC[C@H](c2nc(-c3ccc(C(C)C)cc3)no2)C1. The molecule has 1 aromatic heterocycles. The highest BCUT2D eigenvalue weighted by Crippen LogP contribution is 2.29. The molecule has 3 aromatic rings. The summed E-state index contributed by atoms with van der Waals surface area (Å²) in [4.78, 5) is 19.5. The summed E-state index contributed by atoms with van der Waals surface area (Å²) in [7, 11) is 1.63. The van der Waals surface area contributed by atoms with Crippen LogP contribution in [0.3, 0.4) is 0 Å². The van der Waals surface area contributed by atoms with Gasteiger partial charge in [0.25, 0.3) is 0 Å². The van der Waals surface area contributed by atoms with Gasteiger partial charge < -0.3 is 14.2 Å². The first kappa shape index (κ1) is 21.1. The lowest BCUT2D eigenvalue weighted by atomic mass is 9.97. The molecule has 0 N–H and O–H groups in total. The van der Waals surface area contributed by atoms with Crippen molar-refractivity contribution in [3.8, 4) is 17.1 Å². The number of rotatable bonds is 6. The van der Waals surface area contributed by atoms with Gasteiger partial charge in [-0.05, 0) is 30.4 Å². The smallest absolute Gasteiger partial charge is 0.231 e. The molecule has 1 aliphatic heterocycles. The van der Waals surface area contributed by atoms with Crippen molar-refractivity contribution in [1.82, 2.24) is 15.0 Å². The minimum atomic E-state index is 0.0616. The molecular formula is C25H29N3O3. The van der Waals surface area contributed by atoms with Crippen molar-refractivity contribution in [2.24, 2.45) is 0 Å². The molecule has 0 spiro atoms. The molecule has 0 saturated carbocycles. The molecule has 1 aliphatic rings. The molecular weight excluding hydrogens is 390 g/mol. The third-order valence-electron chi connectivity index (χ3n) is 5.93. The first-order valence-corrected chi connectivity index (χ1v) is 10.9. The largest absolute Gasteiger partial charge is 0.496 e. The Morgan fingerprint density at radius 2 is 1.97 bits per heavy atom. The van der Waals surface area contributed by atoms with Crippen molar-refractivity contribution in [1.29, 1.82) is 0 Å². The molecule has 4 rings (SSSR count). The molecule has 1 amide bonds. The highest BCUT2D eigenvalue weighted by molar-refractivity contribution is 5.79. The summed E-state index contributed by atoms with van der Waals surface area (Å²) < 4.78 is 11.0. The number of amides is 1. The quantitative estimate of drug-likeness (QED) is 0.573. The monoisotopic (exact) mass is 419 g/mol. The van der Waals surface area contributed by atoms with E-state index in [2.05, 4.69) is 36.1 Å². The van der Waals surface area contributed by atoms with Gasteiger partial charge >= 0.3 is 0 Å². The fraction of sp³-hybridized carbons (Fsp3) is 0.400. The number of likely N-dealkylation sites (tertiary alicyclic amines) is 1. The van der Waals surface area contributed by atoms with Crippen LogP contribution in [-0.2, 0) is 11.2 Å². The van der Waals surface area contributed by atoms with Crippen LogP contribution >= 0.6 is 0 Å². The summed E-state index contributed by atoms with van der Waals surface area (Å²) in [5.41, 5.74) is 3.13. The average molecular weight is 420 g/mol. The average Bonchev–Trinajstić information content (AvgIpc) is 3.30. The Kier molecular flexibility index (Phi) is 6.35. The van der Waals surface area contributed by atoms with E-state index in [4.69, 9.17) is 9.26 Å². The van der Waals surface area contributed by atoms with Gasteiger partial charge in [-0.3, -0.25) is 4.79 Å². The number of ether oxygens (including phenoxy) is 1. The van der Waals surface area contributed by atoms with Crippen LogP contribution in [0.1, 0.15) is 55.5 Å². The molecule has 2 aromatic carbocycles. The first-order chi connectivity index (χ1) is 15.0. The van der Waals surface area contributed by atoms with Crippen LogP contribution in [0.15, 0.2) is 53.1 Å². The lowest BCUT2D eigenvalue weighted by Gasteiger charge is -2.31. The molecule has 162 valence electrons. The highest BCUT2D eigenvalue weighted by Gasteiger charge is 2.29. The van der Waals surface area contributed by atoms with Gasteiger partial charge in [-0.1, -0.05) is 61.5 Å². The van der Waals surface area contributed by atoms with E-state index in [1.165, 1.54) is 5.56 Å². The minimum Gasteiger partial charge on any atom is -0.496 e. The third kappa shape index (κ3) is 4.79. The van der Waals surface area contributed by atoms with Crippen LogP contribution in [-0.4, -0.2) is 41.1 Å². The number of aromatic nitrogens is 2. The Morgan fingerprint density at radius 3 is 2.71 bits per heavy atom. The lowest BCUT2D eigenvalue weighted by Crippen LogP contribution is -2.40. The van der Waals surface area contributed by atoms with Gasteiger partial charge in [-0.25, -0.2) is 0 Å². The number of nitrogens with zero attached hydrogens (tertiary/aromatic N) is 3. The summed E-state index contributed by atoms with van der Waals surface area (Å²) in [6, 6.07) is 15.9. The Balaban J connectivity index is 1.43. The van der Waals surface area contributed by atoms with E-state index < -0.39 is 0 Å². The molecule has 0 radical (unpaired) electrons. The fourth-order valence-corrected chi connectivity index (χ4v) is 4.06. The second-order valence-electron chi connectivity index (χ2n) is 8.40. The number of benzene rings is 2. The molecule has 31 heavy (non-hydrogen) atoms. The second-order valence-corrected chi connectivity index (χ2v) is 8.40. The molecule has 6 heteroatoms. The van der Waals surface area contributed by atoms with Crippen LogP contribution in [0.25, 0.3) is 11.4 Å². The summed E-state index contributed by atoms with van der Waals surface area (Å²) in [6.07, 6.45) is 2.18. The number of carbonyl (C=O) groups is 1. The molecule has 1 saturated heterocycles. The Labute approximate surface area is 183 Å². The van der Waals surface area contributed by atoms with Crippen LogP contribution < -0.4 is 4.74 Å². The third-order valence-corrected chi connectivity index (χ3v) is 5.93. The zero-order valence-corrected chi connectivity index (χ0v) is 18.4. The van der Waals surface area contributed by atoms with Gasteiger partial charge in [0, 0.05) is 24.2 Å². The number of methoxy groups -OCH3 is 1. The van der Waals surface area contributed by atoms with E-state index in [1.807, 2.05) is 41.3 Å². The van der Waals surface area contributed by atoms with E-state index >= 15 is 0 Å². The second kappa shape index (κ2) is 9.33. The van der Waals surface area contributed by atoms with Crippen LogP contribution in [0.4, 0.5) is 0 Å². The maximum Gasteiger partial charge on any atom is 0.231 e. The van der Waals surface area contributed by atoms with Gasteiger partial charge in [0.2, 0.25) is 17.6 Å². The number of hydrogen-bond acceptors (Lipinski definition) is 5. The predicted octanol–water partition coefficient (Wildman–Crippen LogP) is 4.82. The Bertz CT molecular complexity index is 1030. The molecule has 1 atom stereocenters. The van der Waals surface area contributed by atoms with Gasteiger partial charge in [0.15, 0.2) is 0 Å². The Morgan fingerprint density at radius 1 is 1.19 bits per heavy atom. The Hall–Kier alpha value is -3.15. The van der Waals surface area contributed by atoms with E-state index in [1.54, 1.807) is 7.11 Å². The van der Waals surface area contributed by atoms with Gasteiger partial charge in [0.1, 0.15) is 5.75 Å². The molecule has 0 aliphatic carbocycles. The van der Waals surface area contributed by atoms with Crippen molar-refractivity contribution in [3.05, 3.63) is 65.5 Å². The summed E-state index contributed by atoms with van der Waals surface area (Å²) >= 11 is 0. The number of para-hydroxylation sites is 1. The first-order valence-electron chi connectivity index (χ1n) is 10.9. The maximum atomic E-state index is 12.9. The van der Waals surface area contributed by atoms with E-state index in [0.717, 1.165) is 36.3 Å². The van der Waals surface area contributed by atoms with Crippen LogP contribution in [0.5, 0.6) is 5.75 Å². The fourth-order valence-electron chi connectivity index (χ4n) is 4.06.